The van der Waals surface area contributed by atoms with Gasteiger partial charge in [-0.05, 0) is 48.5 Å². The van der Waals surface area contributed by atoms with Gasteiger partial charge in [-0.1, -0.05) is 0 Å². The third kappa shape index (κ3) is 5.63. The summed E-state index contributed by atoms with van der Waals surface area (Å²) in [5.41, 5.74) is 5.33. The Morgan fingerprint density at radius 1 is 1.11 bits per heavy atom. The lowest BCUT2D eigenvalue weighted by molar-refractivity contribution is 0.0694. The second-order valence-corrected chi connectivity index (χ2v) is 8.54. The molecular weight excluding hydrogens is 490 g/mol. The van der Waals surface area contributed by atoms with Crippen LogP contribution in [0.4, 0.5) is 20.3 Å². The maximum atomic E-state index is 13.7. The summed E-state index contributed by atoms with van der Waals surface area (Å²) in [5, 5.41) is 12.0. The maximum absolute atomic E-state index is 13.7. The van der Waals surface area contributed by atoms with E-state index in [9.17, 15) is 18.4 Å². The van der Waals surface area contributed by atoms with E-state index in [1.807, 2.05) is 0 Å². The van der Waals surface area contributed by atoms with Crippen molar-refractivity contribution in [3.05, 3.63) is 101 Å². The second-order valence-electron chi connectivity index (χ2n) is 7.43. The number of aromatic carboxylic acids is 1. The fourth-order valence-electron chi connectivity index (χ4n) is 3.28. The van der Waals surface area contributed by atoms with Gasteiger partial charge in [-0.3, -0.25) is 9.36 Å². The smallest absolute Gasteiger partial charge is 0.341 e. The van der Waals surface area contributed by atoms with E-state index in [4.69, 9.17) is 15.6 Å². The number of benzene rings is 2. The molecule has 4 aromatic rings. The largest absolute Gasteiger partial charge is 0.477 e. The van der Waals surface area contributed by atoms with Crippen LogP contribution in [0.25, 0.3) is 5.69 Å². The zero-order valence-corrected chi connectivity index (χ0v) is 19.5. The van der Waals surface area contributed by atoms with Gasteiger partial charge in [-0.25, -0.2) is 18.6 Å². The van der Waals surface area contributed by atoms with E-state index in [-0.39, 0.29) is 11.3 Å². The number of pyridine rings is 2. The van der Waals surface area contributed by atoms with Gasteiger partial charge in [0.05, 0.1) is 4.90 Å². The molecule has 3 heterocycles. The zero-order chi connectivity index (χ0) is 25.7. The molecule has 8 nitrogen and oxygen atoms in total. The number of carbonyl (C=O) groups is 1. The predicted molar refractivity (Wildman–Crippen MR) is 133 cm³/mol. The molecule has 0 amide bonds. The molecule has 0 saturated carbocycles. The van der Waals surface area contributed by atoms with Gasteiger partial charge < -0.3 is 20.9 Å². The highest BCUT2D eigenvalue weighted by Crippen LogP contribution is 2.39. The highest BCUT2D eigenvalue weighted by atomic mass is 32.2. The lowest BCUT2D eigenvalue weighted by atomic mass is 10.2. The van der Waals surface area contributed by atoms with Crippen LogP contribution in [0.15, 0.2) is 82.7 Å². The summed E-state index contributed by atoms with van der Waals surface area (Å²) in [6, 6.07) is 14.0. The monoisotopic (exact) mass is 510 g/mol. The number of hydrogen-bond acceptors (Lipinski definition) is 7. The number of anilines is 2. The summed E-state index contributed by atoms with van der Waals surface area (Å²) in [5.74, 6) is 0.297. The van der Waals surface area contributed by atoms with E-state index < -0.39 is 23.2 Å². The molecule has 36 heavy (non-hydrogen) atoms. The number of carboxylic acid groups (broad SMARTS) is 1. The van der Waals surface area contributed by atoms with Gasteiger partial charge in [0, 0.05) is 48.2 Å². The van der Waals surface area contributed by atoms with Crippen LogP contribution in [0.2, 0.25) is 0 Å². The topological polar surface area (TPSA) is 119 Å². The highest BCUT2D eigenvalue weighted by Gasteiger charge is 2.17. The van der Waals surface area contributed by atoms with Gasteiger partial charge in [-0.15, -0.1) is 11.8 Å². The van der Waals surface area contributed by atoms with E-state index in [0.717, 1.165) is 27.6 Å². The van der Waals surface area contributed by atoms with Gasteiger partial charge in [-0.2, -0.15) is 0 Å². The quantitative estimate of drug-likeness (QED) is 0.336. The van der Waals surface area contributed by atoms with Crippen molar-refractivity contribution < 1.29 is 23.4 Å². The first-order chi connectivity index (χ1) is 17.3. The number of nitrogen functional groups attached to an aromatic ring is 1. The molecule has 2 aromatic heterocycles. The number of hydrogen-bond donors (Lipinski definition) is 3. The minimum Gasteiger partial charge on any atom is -0.477 e. The van der Waals surface area contributed by atoms with Gasteiger partial charge >= 0.3 is 5.97 Å². The first kappa shape index (κ1) is 24.7. The van der Waals surface area contributed by atoms with Crippen molar-refractivity contribution in [2.75, 3.05) is 23.3 Å². The number of nitrogens with two attached hydrogens (primary N) is 1. The van der Waals surface area contributed by atoms with Crippen LogP contribution in [0.5, 0.6) is 11.5 Å². The Kier molecular flexibility index (Phi) is 7.50. The number of halogens is 2. The molecule has 0 aliphatic carbocycles. The van der Waals surface area contributed by atoms with E-state index in [1.165, 1.54) is 54.7 Å². The van der Waals surface area contributed by atoms with E-state index in [0.29, 0.717) is 17.1 Å². The highest BCUT2D eigenvalue weighted by molar-refractivity contribution is 7.99. The van der Waals surface area contributed by atoms with Crippen LogP contribution in [-0.4, -0.2) is 32.9 Å². The Labute approximate surface area is 208 Å². The molecule has 11 heteroatoms. The summed E-state index contributed by atoms with van der Waals surface area (Å²) in [7, 11) is 0. The Balaban J connectivity index is 0.000000170. The van der Waals surface area contributed by atoms with Crippen LogP contribution >= 0.6 is 11.8 Å². The molecule has 2 aromatic carbocycles. The standard InChI is InChI=1S/C13H12FN3OS.C12H8FNO3/c14-9-7-8(15)1-2-10(9)18-11-3-4-16-13-12(11)19-6-5-17-13;13-8-3-5-9(6-4-8)14-7-1-2-10(11(14)15)12(16)17/h1-4,7H,5-6,15H2,(H,16,17);1-7H,(H,16,17). The fourth-order valence-corrected chi connectivity index (χ4v) is 4.20. The van der Waals surface area contributed by atoms with E-state index in [2.05, 4.69) is 10.3 Å². The number of aromatic nitrogens is 2. The molecule has 0 fully saturated rings. The number of carboxylic acids is 1. The van der Waals surface area contributed by atoms with Crippen molar-refractivity contribution in [1.29, 1.82) is 0 Å². The molecule has 184 valence electrons. The molecule has 4 N–H and O–H groups in total. The molecule has 0 unspecified atom stereocenters. The van der Waals surface area contributed by atoms with Crippen molar-refractivity contribution in [2.24, 2.45) is 0 Å². The Morgan fingerprint density at radius 2 is 1.89 bits per heavy atom. The minimum absolute atomic E-state index is 0.161. The summed E-state index contributed by atoms with van der Waals surface area (Å²) < 4.78 is 33.2. The number of thioether (sulfide) groups is 1. The maximum Gasteiger partial charge on any atom is 0.341 e. The van der Waals surface area contributed by atoms with Crippen LogP contribution in [0.3, 0.4) is 0 Å². The van der Waals surface area contributed by atoms with Gasteiger partial charge in [0.2, 0.25) is 0 Å². The summed E-state index contributed by atoms with van der Waals surface area (Å²) >= 11 is 1.65. The summed E-state index contributed by atoms with van der Waals surface area (Å²) in [6.45, 7) is 0.865. The van der Waals surface area contributed by atoms with Gasteiger partial charge in [0.15, 0.2) is 11.6 Å². The van der Waals surface area contributed by atoms with Crippen LogP contribution in [0.1, 0.15) is 10.4 Å². The molecule has 0 saturated heterocycles. The Morgan fingerprint density at radius 3 is 2.61 bits per heavy atom. The molecule has 1 aliphatic rings. The van der Waals surface area contributed by atoms with Crippen LogP contribution < -0.4 is 21.3 Å². The van der Waals surface area contributed by atoms with Crippen molar-refractivity contribution in [2.45, 2.75) is 4.90 Å². The Hall–Kier alpha value is -4.38. The number of fused-ring (bicyclic) bond motifs is 1. The SMILES string of the molecule is Nc1ccc(Oc2ccnc3c2SCCN3)c(F)c1.O=C(O)c1cccn(-c2ccc(F)cc2)c1=O. The summed E-state index contributed by atoms with van der Waals surface area (Å²) in [4.78, 5) is 27.7. The minimum atomic E-state index is -1.29. The molecular formula is C25H20F2N4O4S. The first-order valence-electron chi connectivity index (χ1n) is 10.6. The van der Waals surface area contributed by atoms with Crippen LogP contribution in [0, 0.1) is 11.6 Å². The van der Waals surface area contributed by atoms with E-state index in [1.54, 1.807) is 30.1 Å². The Bertz CT molecular complexity index is 1460. The second kappa shape index (κ2) is 10.9. The molecule has 0 radical (unpaired) electrons. The first-order valence-corrected chi connectivity index (χ1v) is 11.6. The predicted octanol–water partition coefficient (Wildman–Crippen LogP) is 4.79. The van der Waals surface area contributed by atoms with Gasteiger partial charge in [0.25, 0.3) is 5.56 Å². The van der Waals surface area contributed by atoms with Crippen molar-refractivity contribution in [1.82, 2.24) is 9.55 Å². The molecule has 1 aliphatic heterocycles. The number of nitrogens with zero attached hydrogens (tertiary/aromatic N) is 2. The third-order valence-corrected chi connectivity index (χ3v) is 6.06. The van der Waals surface area contributed by atoms with Crippen LogP contribution in [-0.2, 0) is 0 Å². The number of rotatable bonds is 4. The summed E-state index contributed by atoms with van der Waals surface area (Å²) in [6.07, 6.45) is 3.07. The van der Waals surface area contributed by atoms with Gasteiger partial charge in [0.1, 0.15) is 22.9 Å². The molecule has 0 bridgehead atoms. The molecule has 0 atom stereocenters. The third-order valence-electron chi connectivity index (χ3n) is 4.97. The lowest BCUT2D eigenvalue weighted by Crippen LogP contribution is -2.24. The number of ether oxygens (including phenoxy) is 1. The van der Waals surface area contributed by atoms with Crippen molar-refractivity contribution in [3.63, 3.8) is 0 Å². The fraction of sp³-hybridized carbons (Fsp3) is 0.0800. The lowest BCUT2D eigenvalue weighted by Gasteiger charge is -2.19. The van der Waals surface area contributed by atoms with Crippen molar-refractivity contribution in [3.8, 4) is 17.2 Å². The molecule has 0 spiro atoms. The van der Waals surface area contributed by atoms with E-state index >= 15 is 0 Å². The average Bonchev–Trinajstić information content (AvgIpc) is 2.87. The zero-order valence-electron chi connectivity index (χ0n) is 18.7. The van der Waals surface area contributed by atoms with Crippen molar-refractivity contribution >= 4 is 29.2 Å². The molecule has 5 rings (SSSR count). The number of nitrogens with one attached hydrogen (secondary N) is 1. The normalized spacial score (nSPS) is 11.9. The average molecular weight is 511 g/mol.